The molecular formula is C8H7F3O. The largest absolute Gasteiger partial charge is 0.404 e. The van der Waals surface area contributed by atoms with Crippen LogP contribution in [0.15, 0.2) is 24.3 Å². The maximum atomic E-state index is 12.3. The van der Waals surface area contributed by atoms with Gasteiger partial charge in [-0.05, 0) is 6.42 Å². The van der Waals surface area contributed by atoms with E-state index in [1.807, 2.05) is 0 Å². The zero-order chi connectivity index (χ0) is 9.24. The summed E-state index contributed by atoms with van der Waals surface area (Å²) in [7, 11) is 0. The van der Waals surface area contributed by atoms with E-state index in [-0.39, 0.29) is 12.7 Å². The minimum atomic E-state index is -4.49. The third-order valence-electron chi connectivity index (χ3n) is 1.83. The molecule has 0 fully saturated rings. The van der Waals surface area contributed by atoms with Gasteiger partial charge in [0.05, 0.1) is 0 Å². The van der Waals surface area contributed by atoms with Gasteiger partial charge in [-0.25, -0.2) is 0 Å². The number of hydrogen-bond acceptors (Lipinski definition) is 1. The van der Waals surface area contributed by atoms with Crippen LogP contribution in [0.5, 0.6) is 0 Å². The molecule has 0 saturated heterocycles. The highest BCUT2D eigenvalue weighted by Gasteiger charge is 2.52. The summed E-state index contributed by atoms with van der Waals surface area (Å²) in [5.41, 5.74) is -2.29. The first-order valence-corrected chi connectivity index (χ1v) is 3.39. The highest BCUT2D eigenvalue weighted by atomic mass is 19.4. The number of carbonyl (C=O) groups is 1. The summed E-state index contributed by atoms with van der Waals surface area (Å²) < 4.78 is 36.8. The van der Waals surface area contributed by atoms with E-state index in [0.29, 0.717) is 0 Å². The highest BCUT2D eigenvalue weighted by Crippen LogP contribution is 2.42. The van der Waals surface area contributed by atoms with E-state index in [4.69, 9.17) is 0 Å². The molecule has 0 radical (unpaired) electrons. The average Bonchev–Trinajstić information content (AvgIpc) is 2.04. The van der Waals surface area contributed by atoms with Gasteiger partial charge in [0, 0.05) is 0 Å². The van der Waals surface area contributed by atoms with Gasteiger partial charge in [-0.1, -0.05) is 24.3 Å². The molecule has 0 saturated carbocycles. The Labute approximate surface area is 67.6 Å². The summed E-state index contributed by atoms with van der Waals surface area (Å²) in [4.78, 5) is 10.3. The Morgan fingerprint density at radius 2 is 2.00 bits per heavy atom. The molecule has 0 aromatic rings. The lowest BCUT2D eigenvalue weighted by molar-refractivity contribution is -0.198. The molecule has 0 aliphatic heterocycles. The van der Waals surface area contributed by atoms with Crippen LogP contribution in [-0.4, -0.2) is 12.5 Å². The van der Waals surface area contributed by atoms with Crippen molar-refractivity contribution in [1.29, 1.82) is 0 Å². The van der Waals surface area contributed by atoms with Crippen LogP contribution in [0.4, 0.5) is 13.2 Å². The molecule has 0 unspecified atom stereocenters. The third-order valence-corrected chi connectivity index (χ3v) is 1.83. The summed E-state index contributed by atoms with van der Waals surface area (Å²) >= 11 is 0. The third kappa shape index (κ3) is 1.29. The summed E-state index contributed by atoms with van der Waals surface area (Å²) in [6.07, 6.45) is 0.125. The van der Waals surface area contributed by atoms with Crippen molar-refractivity contribution >= 4 is 6.29 Å². The molecule has 1 atom stereocenters. The van der Waals surface area contributed by atoms with E-state index in [0.717, 1.165) is 6.08 Å². The van der Waals surface area contributed by atoms with Gasteiger partial charge < -0.3 is 4.79 Å². The Kier molecular flexibility index (Phi) is 2.08. The molecule has 4 heteroatoms. The molecule has 1 aliphatic carbocycles. The van der Waals surface area contributed by atoms with Crippen molar-refractivity contribution in [3.63, 3.8) is 0 Å². The summed E-state index contributed by atoms with van der Waals surface area (Å²) in [6, 6.07) is 0. The molecular weight excluding hydrogens is 169 g/mol. The van der Waals surface area contributed by atoms with Crippen molar-refractivity contribution in [2.24, 2.45) is 5.41 Å². The Bertz CT molecular complexity index is 239. The smallest absolute Gasteiger partial charge is 0.302 e. The Balaban J connectivity index is 2.99. The van der Waals surface area contributed by atoms with Crippen LogP contribution in [0.1, 0.15) is 6.42 Å². The van der Waals surface area contributed by atoms with Crippen molar-refractivity contribution in [3.8, 4) is 0 Å². The molecule has 1 nitrogen and oxygen atoms in total. The number of allylic oxidation sites excluding steroid dienone is 4. The molecule has 1 aliphatic rings. The van der Waals surface area contributed by atoms with Gasteiger partial charge in [0.1, 0.15) is 11.7 Å². The summed E-state index contributed by atoms with van der Waals surface area (Å²) in [5, 5.41) is 0. The van der Waals surface area contributed by atoms with Gasteiger partial charge in [-0.15, -0.1) is 0 Å². The predicted molar refractivity (Wildman–Crippen MR) is 37.4 cm³/mol. The van der Waals surface area contributed by atoms with E-state index < -0.39 is 11.6 Å². The number of aldehydes is 1. The normalized spacial score (nSPS) is 28.9. The Morgan fingerprint density at radius 3 is 2.25 bits per heavy atom. The van der Waals surface area contributed by atoms with E-state index in [2.05, 4.69) is 0 Å². The molecule has 0 aromatic carbocycles. The first-order valence-electron chi connectivity index (χ1n) is 3.39. The standard InChI is InChI=1S/C8H7F3O/c9-8(10,11)7(6-12)4-2-1-3-5-7/h1-4,6H,5H2/t7-/m0/s1. The minimum absolute atomic E-state index is 0.0486. The fourth-order valence-corrected chi connectivity index (χ4v) is 1.00. The second-order valence-electron chi connectivity index (χ2n) is 2.65. The molecule has 66 valence electrons. The van der Waals surface area contributed by atoms with E-state index in [1.54, 1.807) is 0 Å². The maximum Gasteiger partial charge on any atom is 0.404 e. The maximum absolute atomic E-state index is 12.3. The lowest BCUT2D eigenvalue weighted by Crippen LogP contribution is -2.38. The first-order chi connectivity index (χ1) is 5.52. The van der Waals surface area contributed by atoms with Gasteiger partial charge in [-0.3, -0.25) is 0 Å². The molecule has 0 bridgehead atoms. The fraction of sp³-hybridized carbons (Fsp3) is 0.375. The number of halogens is 3. The second kappa shape index (κ2) is 2.77. The highest BCUT2D eigenvalue weighted by molar-refractivity contribution is 5.65. The lowest BCUT2D eigenvalue weighted by atomic mass is 9.82. The van der Waals surface area contributed by atoms with Gasteiger partial charge in [0.2, 0.25) is 0 Å². The monoisotopic (exact) mass is 176 g/mol. The molecule has 12 heavy (non-hydrogen) atoms. The van der Waals surface area contributed by atoms with Crippen LogP contribution >= 0.6 is 0 Å². The minimum Gasteiger partial charge on any atom is -0.302 e. The quantitative estimate of drug-likeness (QED) is 0.560. The summed E-state index contributed by atoms with van der Waals surface area (Å²) in [6.45, 7) is 0. The van der Waals surface area contributed by atoms with E-state index >= 15 is 0 Å². The SMILES string of the molecule is O=C[C@]1(C(F)(F)F)C=CC=CC1. The molecule has 0 N–H and O–H groups in total. The molecule has 0 heterocycles. The Morgan fingerprint density at radius 1 is 1.33 bits per heavy atom. The van der Waals surface area contributed by atoms with Gasteiger partial charge in [-0.2, -0.15) is 13.2 Å². The van der Waals surface area contributed by atoms with Crippen LogP contribution in [0.2, 0.25) is 0 Å². The lowest BCUT2D eigenvalue weighted by Gasteiger charge is -2.27. The topological polar surface area (TPSA) is 17.1 Å². The number of hydrogen-bond donors (Lipinski definition) is 0. The van der Waals surface area contributed by atoms with Crippen molar-refractivity contribution in [3.05, 3.63) is 24.3 Å². The van der Waals surface area contributed by atoms with Crippen molar-refractivity contribution < 1.29 is 18.0 Å². The number of rotatable bonds is 1. The molecule has 1 rings (SSSR count). The number of alkyl halides is 3. The van der Waals surface area contributed by atoms with Crippen LogP contribution in [0.25, 0.3) is 0 Å². The van der Waals surface area contributed by atoms with Gasteiger partial charge in [0.15, 0.2) is 0 Å². The van der Waals surface area contributed by atoms with Crippen molar-refractivity contribution in [1.82, 2.24) is 0 Å². The fourth-order valence-electron chi connectivity index (χ4n) is 1.00. The zero-order valence-corrected chi connectivity index (χ0v) is 6.14. The van der Waals surface area contributed by atoms with Crippen LogP contribution in [-0.2, 0) is 4.79 Å². The van der Waals surface area contributed by atoms with Crippen LogP contribution < -0.4 is 0 Å². The second-order valence-corrected chi connectivity index (χ2v) is 2.65. The molecule has 0 amide bonds. The van der Waals surface area contributed by atoms with Crippen molar-refractivity contribution in [2.75, 3.05) is 0 Å². The van der Waals surface area contributed by atoms with Crippen molar-refractivity contribution in [2.45, 2.75) is 12.6 Å². The zero-order valence-electron chi connectivity index (χ0n) is 6.14. The summed E-state index contributed by atoms with van der Waals surface area (Å²) in [5.74, 6) is 0. The molecule has 0 aromatic heterocycles. The van der Waals surface area contributed by atoms with Gasteiger partial charge >= 0.3 is 6.18 Å². The molecule has 0 spiro atoms. The van der Waals surface area contributed by atoms with E-state index in [9.17, 15) is 18.0 Å². The average molecular weight is 176 g/mol. The van der Waals surface area contributed by atoms with Gasteiger partial charge in [0.25, 0.3) is 0 Å². The Hall–Kier alpha value is -1.06. The van der Waals surface area contributed by atoms with Crippen LogP contribution in [0.3, 0.4) is 0 Å². The van der Waals surface area contributed by atoms with E-state index in [1.165, 1.54) is 18.2 Å². The predicted octanol–water partition coefficient (Wildman–Crippen LogP) is 2.25. The van der Waals surface area contributed by atoms with Crippen LogP contribution in [0, 0.1) is 5.41 Å². The first kappa shape index (κ1) is 9.03. The number of carbonyl (C=O) groups excluding carboxylic acids is 1.